The van der Waals surface area contributed by atoms with Gasteiger partial charge in [-0.15, -0.1) is 12.4 Å². The fourth-order valence-corrected chi connectivity index (χ4v) is 1.75. The van der Waals surface area contributed by atoms with Gasteiger partial charge < -0.3 is 14.3 Å². The van der Waals surface area contributed by atoms with Gasteiger partial charge in [-0.25, -0.2) is 0 Å². The van der Waals surface area contributed by atoms with E-state index in [1.54, 1.807) is 12.3 Å². The van der Waals surface area contributed by atoms with E-state index in [-0.39, 0.29) is 12.4 Å². The molecule has 98 valence electrons. The molecule has 1 saturated heterocycles. The molecule has 1 aliphatic heterocycles. The number of aromatic nitrogens is 2. The van der Waals surface area contributed by atoms with Crippen LogP contribution in [0, 0.1) is 0 Å². The second-order valence-corrected chi connectivity index (χ2v) is 4.22. The van der Waals surface area contributed by atoms with Gasteiger partial charge >= 0.3 is 0 Å². The lowest BCUT2D eigenvalue weighted by Gasteiger charge is -2.34. The molecule has 7 heteroatoms. The smallest absolute Gasteiger partial charge is 0.241 e. The van der Waals surface area contributed by atoms with Crippen LogP contribution in [-0.2, 0) is 6.54 Å². The van der Waals surface area contributed by atoms with Crippen molar-refractivity contribution in [3.05, 3.63) is 24.3 Å². The predicted molar refractivity (Wildman–Crippen MR) is 67.4 cm³/mol. The Balaban J connectivity index is 0.00000120. The van der Waals surface area contributed by atoms with Crippen LogP contribution in [0.1, 0.15) is 5.89 Å². The number of nitrogens with zero attached hydrogens (tertiary/aromatic N) is 3. The highest BCUT2D eigenvalue weighted by molar-refractivity contribution is 5.85. The first-order valence-corrected chi connectivity index (χ1v) is 5.60. The van der Waals surface area contributed by atoms with Gasteiger partial charge in [-0.05, 0) is 19.2 Å². The Labute approximate surface area is 111 Å². The van der Waals surface area contributed by atoms with E-state index in [1.807, 2.05) is 6.07 Å². The fourth-order valence-electron chi connectivity index (χ4n) is 1.75. The van der Waals surface area contributed by atoms with Crippen LogP contribution < -0.4 is 5.32 Å². The Morgan fingerprint density at radius 3 is 2.94 bits per heavy atom. The van der Waals surface area contributed by atoms with Crippen molar-refractivity contribution in [2.24, 2.45) is 0 Å². The monoisotopic (exact) mass is 270 g/mol. The van der Waals surface area contributed by atoms with Crippen LogP contribution in [0.15, 0.2) is 27.3 Å². The lowest BCUT2D eigenvalue weighted by atomic mass is 10.1. The van der Waals surface area contributed by atoms with Crippen LogP contribution >= 0.6 is 12.4 Å². The van der Waals surface area contributed by atoms with Crippen LogP contribution in [0.25, 0.3) is 11.6 Å². The van der Waals surface area contributed by atoms with Gasteiger partial charge in [0.15, 0.2) is 5.76 Å². The van der Waals surface area contributed by atoms with Crippen molar-refractivity contribution in [3.63, 3.8) is 0 Å². The highest BCUT2D eigenvalue weighted by Crippen LogP contribution is 2.16. The first-order chi connectivity index (χ1) is 8.33. The molecule has 0 aromatic carbocycles. The van der Waals surface area contributed by atoms with Gasteiger partial charge in [0.2, 0.25) is 11.7 Å². The molecule has 0 unspecified atom stereocenters. The van der Waals surface area contributed by atoms with Gasteiger partial charge in [0, 0.05) is 19.1 Å². The zero-order chi connectivity index (χ0) is 11.7. The summed E-state index contributed by atoms with van der Waals surface area (Å²) in [4.78, 5) is 6.50. The summed E-state index contributed by atoms with van der Waals surface area (Å²) in [5, 5.41) is 7.12. The number of furan rings is 1. The minimum absolute atomic E-state index is 0. The molecule has 1 N–H and O–H groups in total. The molecule has 18 heavy (non-hydrogen) atoms. The van der Waals surface area contributed by atoms with Gasteiger partial charge in [-0.1, -0.05) is 5.16 Å². The van der Waals surface area contributed by atoms with Gasteiger partial charge in [0.05, 0.1) is 12.8 Å². The first kappa shape index (κ1) is 13.1. The summed E-state index contributed by atoms with van der Waals surface area (Å²) in [6.07, 6.45) is 1.59. The maximum atomic E-state index is 5.21. The molecule has 1 aliphatic rings. The summed E-state index contributed by atoms with van der Waals surface area (Å²) in [7, 11) is 2.06. The van der Waals surface area contributed by atoms with E-state index in [4.69, 9.17) is 8.94 Å². The number of halogens is 1. The topological polar surface area (TPSA) is 67.3 Å². The van der Waals surface area contributed by atoms with E-state index in [2.05, 4.69) is 27.4 Å². The Bertz CT molecular complexity index is 481. The zero-order valence-electron chi connectivity index (χ0n) is 10.00. The normalized spacial score (nSPS) is 15.4. The maximum absolute atomic E-state index is 5.21. The first-order valence-electron chi connectivity index (χ1n) is 5.60. The minimum Gasteiger partial charge on any atom is -0.461 e. The van der Waals surface area contributed by atoms with Crippen molar-refractivity contribution in [2.45, 2.75) is 12.6 Å². The molecule has 2 aromatic rings. The summed E-state index contributed by atoms with van der Waals surface area (Å²) < 4.78 is 10.4. The van der Waals surface area contributed by atoms with Crippen molar-refractivity contribution in [2.75, 3.05) is 20.1 Å². The van der Waals surface area contributed by atoms with E-state index < -0.39 is 0 Å². The lowest BCUT2D eigenvalue weighted by molar-refractivity contribution is 0.155. The van der Waals surface area contributed by atoms with Crippen LogP contribution in [-0.4, -0.2) is 41.2 Å². The number of nitrogens with one attached hydrogen (secondary N) is 1. The van der Waals surface area contributed by atoms with E-state index in [0.717, 1.165) is 13.1 Å². The van der Waals surface area contributed by atoms with Crippen LogP contribution in [0.5, 0.6) is 0 Å². The average molecular weight is 271 g/mol. The van der Waals surface area contributed by atoms with Gasteiger partial charge in [0.1, 0.15) is 0 Å². The fraction of sp³-hybridized carbons (Fsp3) is 0.455. The Morgan fingerprint density at radius 2 is 2.33 bits per heavy atom. The molecule has 0 aliphatic carbocycles. The van der Waals surface area contributed by atoms with Gasteiger partial charge in [-0.2, -0.15) is 4.98 Å². The highest BCUT2D eigenvalue weighted by atomic mass is 35.5. The van der Waals surface area contributed by atoms with E-state index in [1.165, 1.54) is 0 Å². The zero-order valence-corrected chi connectivity index (χ0v) is 10.8. The van der Waals surface area contributed by atoms with Crippen molar-refractivity contribution >= 4 is 12.4 Å². The molecular weight excluding hydrogens is 256 g/mol. The Hall–Kier alpha value is -1.37. The number of likely N-dealkylation sites (N-methyl/N-ethyl adjacent to an activating group) is 1. The van der Waals surface area contributed by atoms with Crippen LogP contribution in [0.3, 0.4) is 0 Å². The third-order valence-corrected chi connectivity index (χ3v) is 2.98. The summed E-state index contributed by atoms with van der Waals surface area (Å²) >= 11 is 0. The third-order valence-electron chi connectivity index (χ3n) is 2.98. The molecule has 3 heterocycles. The molecule has 0 amide bonds. The Kier molecular flexibility index (Phi) is 4.00. The minimum atomic E-state index is 0. The van der Waals surface area contributed by atoms with Gasteiger partial charge in [-0.3, -0.25) is 4.90 Å². The molecule has 1 fully saturated rings. The van der Waals surface area contributed by atoms with Crippen molar-refractivity contribution < 1.29 is 8.94 Å². The van der Waals surface area contributed by atoms with Crippen molar-refractivity contribution in [1.29, 1.82) is 0 Å². The number of rotatable bonds is 4. The third kappa shape index (κ3) is 2.55. The number of hydrogen-bond donors (Lipinski definition) is 1. The highest BCUT2D eigenvalue weighted by Gasteiger charge is 2.23. The molecule has 0 atom stereocenters. The second kappa shape index (κ2) is 5.51. The van der Waals surface area contributed by atoms with Crippen molar-refractivity contribution in [3.8, 4) is 11.6 Å². The lowest BCUT2D eigenvalue weighted by Crippen LogP contribution is -2.55. The predicted octanol–water partition coefficient (Wildman–Crippen LogP) is 1.15. The molecule has 0 spiro atoms. The largest absolute Gasteiger partial charge is 0.461 e. The SMILES string of the molecule is CN(Cc1nc(-c2ccco2)no1)C1CNC1.Cl. The molecule has 0 saturated carbocycles. The Morgan fingerprint density at radius 1 is 1.50 bits per heavy atom. The number of hydrogen-bond acceptors (Lipinski definition) is 6. The van der Waals surface area contributed by atoms with E-state index >= 15 is 0 Å². The molecular formula is C11H15ClN4O2. The van der Waals surface area contributed by atoms with E-state index in [9.17, 15) is 0 Å². The average Bonchev–Trinajstić information content (AvgIpc) is 2.82. The van der Waals surface area contributed by atoms with E-state index in [0.29, 0.717) is 30.1 Å². The standard InChI is InChI=1S/C11H14N4O2.ClH/c1-15(8-5-12-6-8)7-10-13-11(14-17-10)9-3-2-4-16-9;/h2-4,8,12H,5-7H2,1H3;1H. The summed E-state index contributed by atoms with van der Waals surface area (Å²) in [6.45, 7) is 2.71. The molecule has 0 radical (unpaired) electrons. The second-order valence-electron chi connectivity index (χ2n) is 4.22. The van der Waals surface area contributed by atoms with Crippen molar-refractivity contribution in [1.82, 2.24) is 20.4 Å². The molecule has 2 aromatic heterocycles. The summed E-state index contributed by atoms with van der Waals surface area (Å²) in [6, 6.07) is 4.18. The molecule has 3 rings (SSSR count). The van der Waals surface area contributed by atoms with Crippen LogP contribution in [0.4, 0.5) is 0 Å². The molecule has 0 bridgehead atoms. The summed E-state index contributed by atoms with van der Waals surface area (Å²) in [5.41, 5.74) is 0. The molecule has 6 nitrogen and oxygen atoms in total. The van der Waals surface area contributed by atoms with Crippen LogP contribution in [0.2, 0.25) is 0 Å². The summed E-state index contributed by atoms with van der Waals surface area (Å²) in [5.74, 6) is 1.75. The van der Waals surface area contributed by atoms with Gasteiger partial charge in [0.25, 0.3) is 0 Å². The maximum Gasteiger partial charge on any atom is 0.241 e. The quantitative estimate of drug-likeness (QED) is 0.899.